The van der Waals surface area contributed by atoms with E-state index in [4.69, 9.17) is 26.3 Å². The molecule has 0 saturated carbocycles. The number of rotatable bonds is 12. The first kappa shape index (κ1) is 26.9. The number of nitrogens with one attached hydrogen (secondary N) is 1. The number of amides is 1. The molecule has 2 rings (SSSR count). The molecule has 0 aliphatic heterocycles. The zero-order valence-electron chi connectivity index (χ0n) is 17.9. The number of carbonyl (C=O) groups is 1. The molecular formula is C20H24ClF2N3O6S. The Kier molecular flexibility index (Phi) is 9.95. The van der Waals surface area contributed by atoms with Gasteiger partial charge in [0.15, 0.2) is 17.4 Å². The van der Waals surface area contributed by atoms with Crippen molar-refractivity contribution in [2.45, 2.75) is 4.90 Å². The van der Waals surface area contributed by atoms with Gasteiger partial charge in [-0.25, -0.2) is 22.7 Å². The normalized spacial score (nSPS) is 11.8. The molecule has 0 fully saturated rings. The summed E-state index contributed by atoms with van der Waals surface area (Å²) in [6.07, 6.45) is 0. The van der Waals surface area contributed by atoms with Crippen LogP contribution in [0, 0.1) is 11.6 Å². The van der Waals surface area contributed by atoms with Gasteiger partial charge in [0.25, 0.3) is 5.91 Å². The van der Waals surface area contributed by atoms with Gasteiger partial charge in [0.1, 0.15) is 5.75 Å². The third kappa shape index (κ3) is 7.59. The monoisotopic (exact) mass is 507 g/mol. The van der Waals surface area contributed by atoms with Crippen molar-refractivity contribution in [1.82, 2.24) is 14.7 Å². The van der Waals surface area contributed by atoms with Crippen LogP contribution in [0.5, 0.6) is 11.5 Å². The average Bonchev–Trinajstić information content (AvgIpc) is 2.78. The predicted molar refractivity (Wildman–Crippen MR) is 116 cm³/mol. The maximum Gasteiger partial charge on any atom is 0.258 e. The van der Waals surface area contributed by atoms with Crippen LogP contribution in [-0.2, 0) is 19.6 Å². The second-order valence-corrected chi connectivity index (χ2v) is 9.32. The summed E-state index contributed by atoms with van der Waals surface area (Å²) >= 11 is 5.77. The van der Waals surface area contributed by atoms with Gasteiger partial charge in [-0.1, -0.05) is 11.6 Å². The summed E-state index contributed by atoms with van der Waals surface area (Å²) in [6.45, 7) is 0.109. The van der Waals surface area contributed by atoms with Crippen LogP contribution in [0.1, 0.15) is 0 Å². The van der Waals surface area contributed by atoms with E-state index in [9.17, 15) is 22.0 Å². The summed E-state index contributed by atoms with van der Waals surface area (Å²) in [5.41, 5.74) is 1.35. The Morgan fingerprint density at radius 2 is 1.73 bits per heavy atom. The van der Waals surface area contributed by atoms with Crippen molar-refractivity contribution in [3.8, 4) is 11.5 Å². The van der Waals surface area contributed by atoms with Crippen molar-refractivity contribution >= 4 is 27.5 Å². The van der Waals surface area contributed by atoms with Gasteiger partial charge in [0, 0.05) is 31.8 Å². The van der Waals surface area contributed by atoms with Crippen molar-refractivity contribution in [3.63, 3.8) is 0 Å². The Labute approximate surface area is 195 Å². The topological polar surface area (TPSA) is 108 Å². The van der Waals surface area contributed by atoms with Crippen LogP contribution >= 0.6 is 11.6 Å². The number of carbonyl (C=O) groups excluding carboxylic acids is 1. The molecule has 9 nitrogen and oxygen atoms in total. The highest BCUT2D eigenvalue weighted by Gasteiger charge is 2.29. The van der Waals surface area contributed by atoms with Crippen LogP contribution in [0.3, 0.4) is 0 Å². The standard InChI is InChI=1S/C20H24ClF2N3O6S/c1-25(9-10-31-2)7-8-26(13-19(27)24-28)33(29,30)16-11-17(22)20(18(23)12-16)32-15-5-3-14(21)4-6-15/h3-6,11-12,28H,7-10,13H2,1-2H3,(H,24,27). The number of methoxy groups -OCH3 is 1. The summed E-state index contributed by atoms with van der Waals surface area (Å²) in [5.74, 6) is -4.23. The lowest BCUT2D eigenvalue weighted by Crippen LogP contribution is -2.43. The highest BCUT2D eigenvalue weighted by Crippen LogP contribution is 2.31. The third-order valence-electron chi connectivity index (χ3n) is 4.50. The molecule has 182 valence electrons. The SMILES string of the molecule is COCCN(C)CCN(CC(=O)NO)S(=O)(=O)c1cc(F)c(Oc2ccc(Cl)cc2)c(F)c1. The smallest absolute Gasteiger partial charge is 0.258 e. The van der Waals surface area contributed by atoms with Gasteiger partial charge in [-0.15, -0.1) is 0 Å². The highest BCUT2D eigenvalue weighted by atomic mass is 35.5. The van der Waals surface area contributed by atoms with Crippen LogP contribution in [0.15, 0.2) is 41.3 Å². The molecule has 0 heterocycles. The molecular weight excluding hydrogens is 484 g/mol. The van der Waals surface area contributed by atoms with Crippen molar-refractivity contribution in [1.29, 1.82) is 0 Å². The van der Waals surface area contributed by atoms with Gasteiger partial charge >= 0.3 is 0 Å². The lowest BCUT2D eigenvalue weighted by Gasteiger charge is -2.24. The van der Waals surface area contributed by atoms with E-state index >= 15 is 0 Å². The minimum Gasteiger partial charge on any atom is -0.451 e. The van der Waals surface area contributed by atoms with Gasteiger partial charge < -0.3 is 14.4 Å². The van der Waals surface area contributed by atoms with Gasteiger partial charge in [-0.3, -0.25) is 10.0 Å². The molecule has 2 N–H and O–H groups in total. The Balaban J connectivity index is 2.30. The quantitative estimate of drug-likeness (QED) is 0.335. The number of hydroxylamine groups is 1. The molecule has 0 spiro atoms. The second-order valence-electron chi connectivity index (χ2n) is 6.94. The molecule has 0 aromatic heterocycles. The van der Waals surface area contributed by atoms with Crippen LogP contribution in [-0.4, -0.2) is 75.7 Å². The zero-order valence-corrected chi connectivity index (χ0v) is 19.5. The van der Waals surface area contributed by atoms with Gasteiger partial charge in [-0.05, 0) is 43.4 Å². The summed E-state index contributed by atoms with van der Waals surface area (Å²) in [4.78, 5) is 12.7. The van der Waals surface area contributed by atoms with E-state index in [-0.39, 0.29) is 18.8 Å². The number of ether oxygens (including phenoxy) is 2. The molecule has 0 radical (unpaired) electrons. The Bertz CT molecular complexity index is 1030. The molecule has 0 aliphatic rings. The third-order valence-corrected chi connectivity index (χ3v) is 6.57. The fourth-order valence-electron chi connectivity index (χ4n) is 2.67. The maximum absolute atomic E-state index is 14.6. The molecule has 13 heteroatoms. The number of hydrogen-bond donors (Lipinski definition) is 2. The first-order valence-corrected chi connectivity index (χ1v) is 11.4. The minimum atomic E-state index is -4.51. The molecule has 0 bridgehead atoms. The van der Waals surface area contributed by atoms with E-state index in [1.807, 2.05) is 0 Å². The van der Waals surface area contributed by atoms with Crippen molar-refractivity contribution in [3.05, 3.63) is 53.1 Å². The largest absolute Gasteiger partial charge is 0.451 e. The number of sulfonamides is 1. The van der Waals surface area contributed by atoms with Gasteiger partial charge in [0.2, 0.25) is 10.0 Å². The van der Waals surface area contributed by atoms with E-state index in [1.54, 1.807) is 11.9 Å². The average molecular weight is 508 g/mol. The second kappa shape index (κ2) is 12.2. The molecule has 2 aromatic carbocycles. The fourth-order valence-corrected chi connectivity index (χ4v) is 4.21. The lowest BCUT2D eigenvalue weighted by molar-refractivity contribution is -0.129. The van der Waals surface area contributed by atoms with Crippen molar-refractivity contribution < 1.29 is 36.7 Å². The molecule has 2 aromatic rings. The number of benzene rings is 2. The predicted octanol–water partition coefficient (Wildman–Crippen LogP) is 2.48. The Hall–Kier alpha value is -2.35. The van der Waals surface area contributed by atoms with Crippen molar-refractivity contribution in [2.75, 3.05) is 46.9 Å². The van der Waals surface area contributed by atoms with Gasteiger partial charge in [0.05, 0.1) is 18.0 Å². The van der Waals surface area contributed by atoms with E-state index in [1.165, 1.54) is 36.9 Å². The van der Waals surface area contributed by atoms with Crippen LogP contribution < -0.4 is 10.2 Å². The Morgan fingerprint density at radius 3 is 2.27 bits per heavy atom. The number of halogens is 3. The summed E-state index contributed by atoms with van der Waals surface area (Å²) in [5, 5.41) is 9.20. The fraction of sp³-hybridized carbons (Fsp3) is 0.350. The molecule has 0 unspecified atom stereocenters. The maximum atomic E-state index is 14.6. The first-order valence-electron chi connectivity index (χ1n) is 9.61. The Morgan fingerprint density at radius 1 is 1.12 bits per heavy atom. The molecule has 1 amide bonds. The van der Waals surface area contributed by atoms with Gasteiger partial charge in [-0.2, -0.15) is 4.31 Å². The molecule has 33 heavy (non-hydrogen) atoms. The lowest BCUT2D eigenvalue weighted by atomic mass is 10.3. The summed E-state index contributed by atoms with van der Waals surface area (Å²) in [6, 6.07) is 6.89. The van der Waals surface area contributed by atoms with Crippen molar-refractivity contribution in [2.24, 2.45) is 0 Å². The van der Waals surface area contributed by atoms with E-state index in [2.05, 4.69) is 0 Å². The molecule has 0 atom stereocenters. The molecule has 0 aliphatic carbocycles. The summed E-state index contributed by atoms with van der Waals surface area (Å²) < 4.78 is 66.2. The summed E-state index contributed by atoms with van der Waals surface area (Å²) in [7, 11) is -1.29. The highest BCUT2D eigenvalue weighted by molar-refractivity contribution is 7.89. The van der Waals surface area contributed by atoms with E-state index in [0.29, 0.717) is 34.6 Å². The number of likely N-dealkylation sites (N-methyl/N-ethyl adjacent to an activating group) is 1. The first-order chi connectivity index (χ1) is 15.6. The van der Waals surface area contributed by atoms with E-state index < -0.39 is 44.8 Å². The zero-order chi connectivity index (χ0) is 24.6. The van der Waals surface area contributed by atoms with Crippen LogP contribution in [0.4, 0.5) is 8.78 Å². The van der Waals surface area contributed by atoms with E-state index in [0.717, 1.165) is 0 Å². The van der Waals surface area contributed by atoms with Crippen LogP contribution in [0.2, 0.25) is 5.02 Å². The minimum absolute atomic E-state index is 0.0909. The molecule has 0 saturated heterocycles. The number of hydrogen-bond acceptors (Lipinski definition) is 7. The van der Waals surface area contributed by atoms with Crippen LogP contribution in [0.25, 0.3) is 0 Å². The number of nitrogens with zero attached hydrogens (tertiary/aromatic N) is 2.